The minimum atomic E-state index is 0.0131. The molecule has 1 N–H and O–H groups in total. The predicted octanol–water partition coefficient (Wildman–Crippen LogP) is 4.07. The second-order valence-electron chi connectivity index (χ2n) is 9.12. The summed E-state index contributed by atoms with van der Waals surface area (Å²) in [5.41, 5.74) is 4.26. The summed E-state index contributed by atoms with van der Waals surface area (Å²) in [5.74, 6) is 2.26. The van der Waals surface area contributed by atoms with Crippen molar-refractivity contribution in [3.05, 3.63) is 83.8 Å². The molecule has 3 heterocycles. The van der Waals surface area contributed by atoms with Gasteiger partial charge in [-0.2, -0.15) is 4.98 Å². The summed E-state index contributed by atoms with van der Waals surface area (Å²) < 4.78 is 7.52. The van der Waals surface area contributed by atoms with E-state index in [0.29, 0.717) is 24.8 Å². The highest BCUT2D eigenvalue weighted by Gasteiger charge is 2.26. The van der Waals surface area contributed by atoms with E-state index in [1.807, 2.05) is 60.2 Å². The van der Waals surface area contributed by atoms with Crippen LogP contribution >= 0.6 is 0 Å². The Morgan fingerprint density at radius 2 is 1.86 bits per heavy atom. The molecule has 2 aromatic heterocycles. The van der Waals surface area contributed by atoms with E-state index in [4.69, 9.17) is 4.52 Å². The van der Waals surface area contributed by atoms with Gasteiger partial charge in [0, 0.05) is 30.4 Å². The number of imidazole rings is 1. The second-order valence-corrected chi connectivity index (χ2v) is 9.12. The fraction of sp³-hybridized carbons (Fsp3) is 0.333. The summed E-state index contributed by atoms with van der Waals surface area (Å²) in [4.78, 5) is 24.0. The van der Waals surface area contributed by atoms with Crippen LogP contribution in [0.2, 0.25) is 0 Å². The van der Waals surface area contributed by atoms with Gasteiger partial charge >= 0.3 is 0 Å². The number of carbonyl (C=O) groups is 1. The number of hydrogen-bond acceptors (Lipinski definition) is 6. The number of likely N-dealkylation sites (tertiary alicyclic amines) is 1. The fourth-order valence-corrected chi connectivity index (χ4v) is 4.54. The lowest BCUT2D eigenvalue weighted by atomic mass is 9.96. The van der Waals surface area contributed by atoms with Gasteiger partial charge in [-0.3, -0.25) is 9.69 Å². The second kappa shape index (κ2) is 10.2. The van der Waals surface area contributed by atoms with Crippen LogP contribution in [-0.2, 0) is 17.9 Å². The molecule has 1 aliphatic rings. The Balaban J connectivity index is 1.12. The monoisotopic (exact) mass is 470 g/mol. The minimum absolute atomic E-state index is 0.0131. The Morgan fingerprint density at radius 1 is 1.09 bits per heavy atom. The Bertz CT molecular complexity index is 1290. The molecule has 180 valence electrons. The van der Waals surface area contributed by atoms with E-state index in [1.54, 1.807) is 6.20 Å². The number of benzene rings is 2. The smallest absolute Gasteiger partial charge is 0.241 e. The van der Waals surface area contributed by atoms with Gasteiger partial charge in [-0.15, -0.1) is 0 Å². The summed E-state index contributed by atoms with van der Waals surface area (Å²) in [5, 5.41) is 7.27. The van der Waals surface area contributed by atoms with Crippen LogP contribution in [0.3, 0.4) is 0 Å². The molecule has 5 rings (SSSR count). The molecular weight excluding hydrogens is 440 g/mol. The van der Waals surface area contributed by atoms with E-state index in [-0.39, 0.29) is 11.8 Å². The summed E-state index contributed by atoms with van der Waals surface area (Å²) in [6.45, 7) is 6.77. The number of para-hydroxylation sites is 1. The van der Waals surface area contributed by atoms with Crippen LogP contribution in [0.5, 0.6) is 0 Å². The Kier molecular flexibility index (Phi) is 6.72. The lowest BCUT2D eigenvalue weighted by Gasteiger charge is -2.30. The molecule has 0 bridgehead atoms. The van der Waals surface area contributed by atoms with Crippen molar-refractivity contribution in [2.24, 2.45) is 5.92 Å². The van der Waals surface area contributed by atoms with Gasteiger partial charge in [-0.05, 0) is 51.4 Å². The number of amides is 1. The molecule has 8 nitrogen and oxygen atoms in total. The first-order valence-corrected chi connectivity index (χ1v) is 12.0. The first-order valence-electron chi connectivity index (χ1n) is 12.0. The maximum absolute atomic E-state index is 12.9. The van der Waals surface area contributed by atoms with E-state index in [0.717, 1.165) is 48.6 Å². The van der Waals surface area contributed by atoms with Gasteiger partial charge in [0.2, 0.25) is 17.6 Å². The lowest BCUT2D eigenvalue weighted by Crippen LogP contribution is -2.40. The standard InChI is InChI=1S/C27H30N6O2/c1-19-7-9-21(10-8-19)26-30-25(35-31-26)18-32-14-11-22(12-15-32)27(34)29-17-23-5-3-4-6-24(23)33-16-13-28-20(33)2/h3-10,13,16,22H,11-12,14-15,17-18H2,1-2H3,(H,29,34). The van der Waals surface area contributed by atoms with E-state index in [1.165, 1.54) is 5.56 Å². The van der Waals surface area contributed by atoms with Crippen LogP contribution in [0.1, 0.15) is 35.7 Å². The fourth-order valence-electron chi connectivity index (χ4n) is 4.54. The zero-order chi connectivity index (χ0) is 24.2. The number of aromatic nitrogens is 4. The van der Waals surface area contributed by atoms with Crippen molar-refractivity contribution in [2.45, 2.75) is 39.8 Å². The van der Waals surface area contributed by atoms with Crippen molar-refractivity contribution in [1.82, 2.24) is 29.9 Å². The zero-order valence-electron chi connectivity index (χ0n) is 20.1. The van der Waals surface area contributed by atoms with Gasteiger partial charge in [0.15, 0.2) is 0 Å². The molecule has 0 radical (unpaired) electrons. The van der Waals surface area contributed by atoms with Gasteiger partial charge < -0.3 is 14.4 Å². The van der Waals surface area contributed by atoms with Gasteiger partial charge in [-0.1, -0.05) is 53.2 Å². The van der Waals surface area contributed by atoms with Crippen LogP contribution in [0, 0.1) is 19.8 Å². The first kappa shape index (κ1) is 23.0. The number of nitrogens with zero attached hydrogens (tertiary/aromatic N) is 5. The average molecular weight is 471 g/mol. The van der Waals surface area contributed by atoms with E-state index in [9.17, 15) is 4.79 Å². The quantitative estimate of drug-likeness (QED) is 0.438. The van der Waals surface area contributed by atoms with Crippen molar-refractivity contribution in [2.75, 3.05) is 13.1 Å². The van der Waals surface area contributed by atoms with Crippen LogP contribution in [0.4, 0.5) is 0 Å². The van der Waals surface area contributed by atoms with Gasteiger partial charge in [0.25, 0.3) is 0 Å². The molecule has 35 heavy (non-hydrogen) atoms. The number of aryl methyl sites for hydroxylation is 2. The van der Waals surface area contributed by atoms with Crippen LogP contribution in [0.25, 0.3) is 17.1 Å². The zero-order valence-corrected chi connectivity index (χ0v) is 20.1. The third-order valence-corrected chi connectivity index (χ3v) is 6.63. The third kappa shape index (κ3) is 5.33. The topological polar surface area (TPSA) is 89.1 Å². The SMILES string of the molecule is Cc1ccc(-c2noc(CN3CCC(C(=O)NCc4ccccc4-n4ccnc4C)CC3)n2)cc1. The van der Waals surface area contributed by atoms with E-state index in [2.05, 4.69) is 38.3 Å². The maximum atomic E-state index is 12.9. The van der Waals surface area contributed by atoms with Crippen LogP contribution in [0.15, 0.2) is 65.4 Å². The number of carbonyl (C=O) groups excluding carboxylic acids is 1. The summed E-state index contributed by atoms with van der Waals surface area (Å²) >= 11 is 0. The molecule has 1 fully saturated rings. The number of rotatable bonds is 7. The van der Waals surface area contributed by atoms with E-state index < -0.39 is 0 Å². The number of nitrogens with one attached hydrogen (secondary N) is 1. The third-order valence-electron chi connectivity index (χ3n) is 6.63. The summed E-state index contributed by atoms with van der Waals surface area (Å²) in [6, 6.07) is 16.2. The average Bonchev–Trinajstić information content (AvgIpc) is 3.52. The summed E-state index contributed by atoms with van der Waals surface area (Å²) in [7, 11) is 0. The van der Waals surface area contributed by atoms with Gasteiger partial charge in [-0.25, -0.2) is 4.98 Å². The molecule has 0 saturated carbocycles. The molecule has 0 spiro atoms. The molecule has 1 amide bonds. The normalized spacial score (nSPS) is 14.8. The largest absolute Gasteiger partial charge is 0.352 e. The predicted molar refractivity (Wildman–Crippen MR) is 133 cm³/mol. The van der Waals surface area contributed by atoms with Gasteiger partial charge in [0.1, 0.15) is 5.82 Å². The van der Waals surface area contributed by atoms with Crippen molar-refractivity contribution >= 4 is 5.91 Å². The molecule has 1 aliphatic heterocycles. The Morgan fingerprint density at radius 3 is 2.60 bits per heavy atom. The molecular formula is C27H30N6O2. The molecule has 4 aromatic rings. The van der Waals surface area contributed by atoms with Crippen molar-refractivity contribution in [1.29, 1.82) is 0 Å². The number of piperidine rings is 1. The number of hydrogen-bond donors (Lipinski definition) is 1. The molecule has 0 atom stereocenters. The molecule has 2 aromatic carbocycles. The first-order chi connectivity index (χ1) is 17.1. The molecule has 0 aliphatic carbocycles. The highest BCUT2D eigenvalue weighted by atomic mass is 16.5. The minimum Gasteiger partial charge on any atom is -0.352 e. The Hall–Kier alpha value is -3.78. The Labute approximate surface area is 205 Å². The maximum Gasteiger partial charge on any atom is 0.241 e. The highest BCUT2D eigenvalue weighted by Crippen LogP contribution is 2.22. The van der Waals surface area contributed by atoms with Crippen LogP contribution < -0.4 is 5.32 Å². The molecule has 8 heteroatoms. The van der Waals surface area contributed by atoms with Crippen molar-refractivity contribution in [3.8, 4) is 17.1 Å². The molecule has 1 saturated heterocycles. The summed E-state index contributed by atoms with van der Waals surface area (Å²) in [6.07, 6.45) is 5.36. The van der Waals surface area contributed by atoms with Gasteiger partial charge in [0.05, 0.1) is 12.2 Å². The van der Waals surface area contributed by atoms with E-state index >= 15 is 0 Å². The van der Waals surface area contributed by atoms with Crippen molar-refractivity contribution < 1.29 is 9.32 Å². The van der Waals surface area contributed by atoms with Crippen molar-refractivity contribution in [3.63, 3.8) is 0 Å². The highest BCUT2D eigenvalue weighted by molar-refractivity contribution is 5.78. The lowest BCUT2D eigenvalue weighted by molar-refractivity contribution is -0.126. The molecule has 0 unspecified atom stereocenters. The van der Waals surface area contributed by atoms with Crippen LogP contribution in [-0.4, -0.2) is 43.6 Å².